The Bertz CT molecular complexity index is 1240. The number of phenolic OH excluding ortho intramolecular Hbond substituents is 1. The molecule has 2 heterocycles. The molecule has 148 valence electrons. The molecule has 0 amide bonds. The van der Waals surface area contributed by atoms with Crippen LogP contribution in [0, 0.1) is 13.8 Å². The maximum absolute atomic E-state index is 12.2. The van der Waals surface area contributed by atoms with E-state index in [0.29, 0.717) is 34.6 Å². The second-order valence-corrected chi connectivity index (χ2v) is 7.41. The van der Waals surface area contributed by atoms with Gasteiger partial charge in [-0.3, -0.25) is 4.79 Å². The number of aromatic nitrogens is 3. The van der Waals surface area contributed by atoms with Crippen molar-refractivity contribution >= 4 is 22.5 Å². The highest BCUT2D eigenvalue weighted by Gasteiger charge is 2.29. The molecule has 0 bridgehead atoms. The number of nitrogens with zero attached hydrogens (tertiary/aromatic N) is 3. The van der Waals surface area contributed by atoms with E-state index < -0.39 is 11.9 Å². The minimum absolute atomic E-state index is 0.0957. The lowest BCUT2D eigenvalue weighted by Gasteiger charge is -2.20. The number of carboxylic acids is 1. The van der Waals surface area contributed by atoms with Crippen LogP contribution in [0.2, 0.25) is 0 Å². The smallest absolute Gasteiger partial charge is 0.311 e. The molecule has 6 nitrogen and oxygen atoms in total. The molecule has 4 rings (SSSR count). The zero-order valence-electron chi connectivity index (χ0n) is 16.7. The van der Waals surface area contributed by atoms with E-state index in [0.717, 1.165) is 22.9 Å². The van der Waals surface area contributed by atoms with Gasteiger partial charge in [-0.15, -0.1) is 0 Å². The summed E-state index contributed by atoms with van der Waals surface area (Å²) >= 11 is 0. The molecule has 0 radical (unpaired) electrons. The van der Waals surface area contributed by atoms with Crippen LogP contribution < -0.4 is 0 Å². The second-order valence-electron chi connectivity index (χ2n) is 7.41. The molecule has 0 fully saturated rings. The average molecular weight is 389 g/mol. The van der Waals surface area contributed by atoms with Crippen molar-refractivity contribution in [3.05, 3.63) is 59.3 Å². The lowest BCUT2D eigenvalue weighted by atomic mass is 9.89. The molecule has 29 heavy (non-hydrogen) atoms. The zero-order valence-corrected chi connectivity index (χ0v) is 16.7. The number of benzene rings is 2. The standard InChI is InChI=1S/C23H23N3O3/c1-4-7-17(23(28)29)20-14(3)24-22-15-8-5-6-9-18(15)25-26(22)21(20)16-11-10-13(2)12-19(16)27/h5-6,8-12,17,27H,4,7H2,1-3H3,(H,28,29). The van der Waals surface area contributed by atoms with Crippen LogP contribution in [0.1, 0.15) is 42.5 Å². The molecule has 0 spiro atoms. The first-order chi connectivity index (χ1) is 13.9. The molecule has 6 heteroatoms. The summed E-state index contributed by atoms with van der Waals surface area (Å²) < 4.78 is 1.68. The number of fused-ring (bicyclic) bond motifs is 3. The largest absolute Gasteiger partial charge is 0.507 e. The van der Waals surface area contributed by atoms with Gasteiger partial charge in [-0.1, -0.05) is 31.5 Å². The molecule has 0 aliphatic rings. The van der Waals surface area contributed by atoms with Crippen LogP contribution in [0.5, 0.6) is 5.75 Å². The molecule has 1 unspecified atom stereocenters. The van der Waals surface area contributed by atoms with Gasteiger partial charge in [0.15, 0.2) is 5.65 Å². The lowest BCUT2D eigenvalue weighted by molar-refractivity contribution is -0.139. The summed E-state index contributed by atoms with van der Waals surface area (Å²) in [6.45, 7) is 5.69. The highest BCUT2D eigenvalue weighted by atomic mass is 16.4. The number of hydrogen-bond donors (Lipinski definition) is 2. The van der Waals surface area contributed by atoms with Gasteiger partial charge in [0.1, 0.15) is 5.75 Å². The number of aryl methyl sites for hydroxylation is 2. The highest BCUT2D eigenvalue weighted by molar-refractivity contribution is 5.94. The van der Waals surface area contributed by atoms with Crippen LogP contribution in [0.15, 0.2) is 42.5 Å². The fourth-order valence-electron chi connectivity index (χ4n) is 3.99. The average Bonchev–Trinajstić information content (AvgIpc) is 3.04. The number of phenols is 1. The molecule has 1 atom stereocenters. The molecule has 2 aromatic carbocycles. The predicted molar refractivity (Wildman–Crippen MR) is 112 cm³/mol. The van der Waals surface area contributed by atoms with Crippen molar-refractivity contribution in [1.82, 2.24) is 14.6 Å². The van der Waals surface area contributed by atoms with E-state index in [2.05, 4.69) is 0 Å². The minimum Gasteiger partial charge on any atom is -0.507 e. The van der Waals surface area contributed by atoms with Crippen LogP contribution in [-0.2, 0) is 4.79 Å². The van der Waals surface area contributed by atoms with Gasteiger partial charge in [-0.25, -0.2) is 9.50 Å². The van der Waals surface area contributed by atoms with Gasteiger partial charge < -0.3 is 10.2 Å². The molecule has 0 saturated heterocycles. The van der Waals surface area contributed by atoms with E-state index in [-0.39, 0.29) is 5.75 Å². The third-order valence-corrected chi connectivity index (χ3v) is 5.32. The summed E-state index contributed by atoms with van der Waals surface area (Å²) in [5.74, 6) is -1.54. The van der Waals surface area contributed by atoms with Crippen LogP contribution in [-0.4, -0.2) is 30.8 Å². The SMILES string of the molecule is CCCC(C(=O)O)c1c(C)nc2c3ccccc3nn2c1-c1ccc(C)cc1O. The second kappa shape index (κ2) is 7.20. The molecule has 2 N–H and O–H groups in total. The van der Waals surface area contributed by atoms with Gasteiger partial charge in [0.05, 0.1) is 17.1 Å². The first-order valence-electron chi connectivity index (χ1n) is 9.73. The molecule has 0 aliphatic carbocycles. The van der Waals surface area contributed by atoms with Crippen molar-refractivity contribution in [2.75, 3.05) is 0 Å². The Morgan fingerprint density at radius 2 is 1.93 bits per heavy atom. The predicted octanol–water partition coefficient (Wildman–Crippen LogP) is 4.84. The van der Waals surface area contributed by atoms with Crippen molar-refractivity contribution in [3.63, 3.8) is 0 Å². The minimum atomic E-state index is -0.902. The number of aliphatic carboxylic acids is 1. The monoisotopic (exact) mass is 389 g/mol. The summed E-state index contributed by atoms with van der Waals surface area (Å²) in [5, 5.41) is 26.3. The van der Waals surface area contributed by atoms with Gasteiger partial charge >= 0.3 is 5.97 Å². The maximum atomic E-state index is 12.2. The van der Waals surface area contributed by atoms with Crippen LogP contribution in [0.4, 0.5) is 0 Å². The summed E-state index contributed by atoms with van der Waals surface area (Å²) in [5.41, 5.74) is 4.71. The fourth-order valence-corrected chi connectivity index (χ4v) is 3.99. The number of carboxylic acid groups (broad SMARTS) is 1. The van der Waals surface area contributed by atoms with Gasteiger partial charge in [-0.05, 0) is 50.1 Å². The van der Waals surface area contributed by atoms with Crippen molar-refractivity contribution in [3.8, 4) is 17.0 Å². The Morgan fingerprint density at radius 3 is 2.62 bits per heavy atom. The molecule has 2 aromatic heterocycles. The number of rotatable bonds is 5. The third-order valence-electron chi connectivity index (χ3n) is 5.32. The van der Waals surface area contributed by atoms with Crippen molar-refractivity contribution in [2.45, 2.75) is 39.5 Å². The first-order valence-corrected chi connectivity index (χ1v) is 9.73. The highest BCUT2D eigenvalue weighted by Crippen LogP contribution is 2.39. The molecule has 0 aliphatic heterocycles. The van der Waals surface area contributed by atoms with Crippen LogP contribution in [0.3, 0.4) is 0 Å². The van der Waals surface area contributed by atoms with Gasteiger partial charge in [-0.2, -0.15) is 5.10 Å². The van der Waals surface area contributed by atoms with E-state index in [4.69, 9.17) is 10.1 Å². The Kier molecular flexibility index (Phi) is 4.70. The van der Waals surface area contributed by atoms with Gasteiger partial charge in [0.2, 0.25) is 0 Å². The Morgan fingerprint density at radius 1 is 1.17 bits per heavy atom. The lowest BCUT2D eigenvalue weighted by Crippen LogP contribution is -2.17. The molecule has 0 saturated carbocycles. The topological polar surface area (TPSA) is 87.7 Å². The molecular weight excluding hydrogens is 366 g/mol. The summed E-state index contributed by atoms with van der Waals surface area (Å²) in [6.07, 6.45) is 1.19. The van der Waals surface area contributed by atoms with Crippen LogP contribution in [0.25, 0.3) is 27.8 Å². The van der Waals surface area contributed by atoms with Gasteiger partial charge in [0, 0.05) is 22.2 Å². The van der Waals surface area contributed by atoms with Crippen molar-refractivity contribution < 1.29 is 15.0 Å². The van der Waals surface area contributed by atoms with E-state index in [1.807, 2.05) is 57.2 Å². The van der Waals surface area contributed by atoms with E-state index >= 15 is 0 Å². The van der Waals surface area contributed by atoms with Crippen LogP contribution >= 0.6 is 0 Å². The normalized spacial score (nSPS) is 12.5. The van der Waals surface area contributed by atoms with Crippen molar-refractivity contribution in [2.24, 2.45) is 0 Å². The van der Waals surface area contributed by atoms with E-state index in [9.17, 15) is 15.0 Å². The third kappa shape index (κ3) is 3.10. The van der Waals surface area contributed by atoms with Gasteiger partial charge in [0.25, 0.3) is 0 Å². The maximum Gasteiger partial charge on any atom is 0.311 e. The Hall–Kier alpha value is -3.41. The van der Waals surface area contributed by atoms with E-state index in [1.54, 1.807) is 10.6 Å². The molecular formula is C23H23N3O3. The Labute approximate surface area is 168 Å². The molecule has 4 aromatic rings. The summed E-state index contributed by atoms with van der Waals surface area (Å²) in [4.78, 5) is 16.9. The van der Waals surface area contributed by atoms with Crippen molar-refractivity contribution in [1.29, 1.82) is 0 Å². The number of carbonyl (C=O) groups is 1. The fraction of sp³-hybridized carbons (Fsp3) is 0.261. The summed E-state index contributed by atoms with van der Waals surface area (Å²) in [7, 11) is 0. The number of hydrogen-bond acceptors (Lipinski definition) is 4. The van der Waals surface area contributed by atoms with E-state index in [1.165, 1.54) is 0 Å². The summed E-state index contributed by atoms with van der Waals surface area (Å²) in [6, 6.07) is 13.1. The Balaban J connectivity index is 2.18. The zero-order chi connectivity index (χ0) is 20.7. The quantitative estimate of drug-likeness (QED) is 0.510. The first kappa shape index (κ1) is 18.9. The number of aromatic hydroxyl groups is 1.